The highest BCUT2D eigenvalue weighted by Gasteiger charge is 2.40. The Bertz CT molecular complexity index is 657. The molecule has 0 N–H and O–H groups in total. The first kappa shape index (κ1) is 15.2. The lowest BCUT2D eigenvalue weighted by molar-refractivity contribution is -0.175. The minimum absolute atomic E-state index is 0.254. The molecule has 1 spiro atoms. The Hall–Kier alpha value is -1.37. The molecule has 4 rings (SSSR count). The van der Waals surface area contributed by atoms with Gasteiger partial charge in [-0.25, -0.2) is 9.37 Å². The Morgan fingerprint density at radius 2 is 1.78 bits per heavy atom. The molecule has 2 fully saturated rings. The van der Waals surface area contributed by atoms with E-state index in [9.17, 15) is 4.39 Å². The molecule has 6 heteroatoms. The van der Waals surface area contributed by atoms with Gasteiger partial charge in [0, 0.05) is 23.7 Å². The molecular formula is C17H18FNO3S. The molecular weight excluding hydrogens is 317 g/mol. The second-order valence-electron chi connectivity index (χ2n) is 5.92. The molecule has 2 aromatic rings. The van der Waals surface area contributed by atoms with Gasteiger partial charge in [0.25, 0.3) is 5.22 Å². The molecule has 0 amide bonds. The lowest BCUT2D eigenvalue weighted by atomic mass is 9.94. The molecule has 0 unspecified atom stereocenters. The molecule has 1 aliphatic carbocycles. The van der Waals surface area contributed by atoms with Gasteiger partial charge in [0.2, 0.25) is 0 Å². The van der Waals surface area contributed by atoms with Crippen molar-refractivity contribution in [2.75, 3.05) is 13.2 Å². The normalized spacial score (nSPS) is 21.1. The molecule has 2 heterocycles. The van der Waals surface area contributed by atoms with Crippen molar-refractivity contribution in [2.45, 2.75) is 41.9 Å². The number of benzene rings is 1. The van der Waals surface area contributed by atoms with Gasteiger partial charge in [-0.15, -0.1) is 0 Å². The first-order chi connectivity index (χ1) is 11.2. The third-order valence-corrected chi connectivity index (χ3v) is 5.58. The topological polar surface area (TPSA) is 44.5 Å². The zero-order valence-electron chi connectivity index (χ0n) is 12.7. The summed E-state index contributed by atoms with van der Waals surface area (Å²) in [6.07, 6.45) is 5.60. The van der Waals surface area contributed by atoms with Crippen LogP contribution in [0, 0.1) is 5.82 Å². The van der Waals surface area contributed by atoms with Crippen LogP contribution in [0.1, 0.15) is 25.7 Å². The van der Waals surface area contributed by atoms with Crippen LogP contribution in [0.25, 0.3) is 11.3 Å². The summed E-state index contributed by atoms with van der Waals surface area (Å²) in [5.74, 6) is 0.0880. The van der Waals surface area contributed by atoms with Gasteiger partial charge in [-0.2, -0.15) is 0 Å². The Labute approximate surface area is 138 Å². The molecule has 122 valence electrons. The number of aromatic nitrogens is 1. The fourth-order valence-corrected chi connectivity index (χ4v) is 4.15. The van der Waals surface area contributed by atoms with Crippen molar-refractivity contribution >= 4 is 11.8 Å². The van der Waals surface area contributed by atoms with E-state index in [4.69, 9.17) is 13.9 Å². The van der Waals surface area contributed by atoms with Gasteiger partial charge < -0.3 is 13.9 Å². The maximum atomic E-state index is 13.0. The van der Waals surface area contributed by atoms with Crippen molar-refractivity contribution < 1.29 is 18.3 Å². The fraction of sp³-hybridized carbons (Fsp3) is 0.471. The average molecular weight is 335 g/mol. The van der Waals surface area contributed by atoms with Crippen molar-refractivity contribution in [3.8, 4) is 11.3 Å². The zero-order valence-corrected chi connectivity index (χ0v) is 13.5. The Morgan fingerprint density at radius 1 is 1.09 bits per heavy atom. The van der Waals surface area contributed by atoms with E-state index in [-0.39, 0.29) is 11.6 Å². The van der Waals surface area contributed by atoms with E-state index in [1.807, 2.05) is 0 Å². The lowest BCUT2D eigenvalue weighted by Crippen LogP contribution is -2.35. The van der Waals surface area contributed by atoms with Gasteiger partial charge in [0.1, 0.15) is 5.82 Å². The van der Waals surface area contributed by atoms with Crippen LogP contribution in [0.3, 0.4) is 0 Å². The first-order valence-corrected chi connectivity index (χ1v) is 8.77. The molecule has 1 aromatic heterocycles. The zero-order chi connectivity index (χ0) is 15.7. The molecule has 1 aliphatic heterocycles. The van der Waals surface area contributed by atoms with E-state index in [1.165, 1.54) is 12.1 Å². The SMILES string of the molecule is Fc1ccc(-c2cnc(SC3CCC4(CC3)OCCO4)o2)cc1. The van der Waals surface area contributed by atoms with Crippen LogP contribution in [0.4, 0.5) is 4.39 Å². The van der Waals surface area contributed by atoms with Crippen LogP contribution in [-0.4, -0.2) is 29.2 Å². The second kappa shape index (κ2) is 6.26. The summed E-state index contributed by atoms with van der Waals surface area (Å²) < 4.78 is 30.3. The fourth-order valence-electron chi connectivity index (χ4n) is 3.14. The maximum Gasteiger partial charge on any atom is 0.256 e. The van der Waals surface area contributed by atoms with Gasteiger partial charge in [0.05, 0.1) is 19.4 Å². The molecule has 0 atom stereocenters. The Kier molecular flexibility index (Phi) is 4.13. The monoisotopic (exact) mass is 335 g/mol. The van der Waals surface area contributed by atoms with Crippen LogP contribution >= 0.6 is 11.8 Å². The standard InChI is InChI=1S/C17H18FNO3S/c18-13-3-1-12(2-4-13)15-11-19-16(22-15)23-14-5-7-17(8-6-14)20-9-10-21-17/h1-4,11,14H,5-10H2. The van der Waals surface area contributed by atoms with Crippen molar-refractivity contribution in [3.05, 3.63) is 36.3 Å². The van der Waals surface area contributed by atoms with Crippen molar-refractivity contribution in [2.24, 2.45) is 0 Å². The predicted molar refractivity (Wildman–Crippen MR) is 84.6 cm³/mol. The smallest absolute Gasteiger partial charge is 0.256 e. The van der Waals surface area contributed by atoms with Crippen LogP contribution < -0.4 is 0 Å². The highest BCUT2D eigenvalue weighted by molar-refractivity contribution is 7.99. The van der Waals surface area contributed by atoms with Gasteiger partial charge in [-0.3, -0.25) is 0 Å². The third-order valence-electron chi connectivity index (χ3n) is 4.39. The minimum atomic E-state index is -0.326. The van der Waals surface area contributed by atoms with E-state index in [0.717, 1.165) is 31.2 Å². The molecule has 4 nitrogen and oxygen atoms in total. The number of ether oxygens (including phenoxy) is 2. The largest absolute Gasteiger partial charge is 0.431 e. The number of thioether (sulfide) groups is 1. The summed E-state index contributed by atoms with van der Waals surface area (Å²) in [6.45, 7) is 1.41. The molecule has 1 aromatic carbocycles. The second-order valence-corrected chi connectivity index (χ2v) is 7.17. The molecule has 0 radical (unpaired) electrons. The van der Waals surface area contributed by atoms with Gasteiger partial charge in [0.15, 0.2) is 11.5 Å². The minimum Gasteiger partial charge on any atom is -0.431 e. The summed E-state index contributed by atoms with van der Waals surface area (Å²) in [4.78, 5) is 4.34. The Morgan fingerprint density at radius 3 is 2.48 bits per heavy atom. The number of rotatable bonds is 3. The number of halogens is 1. The predicted octanol–water partition coefficient (Wildman–Crippen LogP) is 4.26. The molecule has 1 saturated heterocycles. The van der Waals surface area contributed by atoms with E-state index < -0.39 is 0 Å². The van der Waals surface area contributed by atoms with E-state index in [2.05, 4.69) is 4.98 Å². The molecule has 23 heavy (non-hydrogen) atoms. The van der Waals surface area contributed by atoms with E-state index in [0.29, 0.717) is 29.4 Å². The summed E-state index contributed by atoms with van der Waals surface area (Å²) in [7, 11) is 0. The molecule has 2 aliphatic rings. The van der Waals surface area contributed by atoms with Crippen LogP contribution in [-0.2, 0) is 9.47 Å². The van der Waals surface area contributed by atoms with E-state index in [1.54, 1.807) is 30.1 Å². The number of oxazole rings is 1. The van der Waals surface area contributed by atoms with Crippen LogP contribution in [0.15, 0.2) is 40.1 Å². The number of nitrogens with zero attached hydrogens (tertiary/aromatic N) is 1. The summed E-state index contributed by atoms with van der Waals surface area (Å²) in [5.41, 5.74) is 0.834. The maximum absolute atomic E-state index is 13.0. The Balaban J connectivity index is 1.38. The number of hydrogen-bond donors (Lipinski definition) is 0. The first-order valence-electron chi connectivity index (χ1n) is 7.89. The highest BCUT2D eigenvalue weighted by Crippen LogP contribution is 2.41. The lowest BCUT2D eigenvalue weighted by Gasteiger charge is -2.34. The van der Waals surface area contributed by atoms with Gasteiger partial charge in [-0.1, -0.05) is 11.8 Å². The third kappa shape index (κ3) is 3.29. The summed E-state index contributed by atoms with van der Waals surface area (Å²) >= 11 is 1.66. The quantitative estimate of drug-likeness (QED) is 0.838. The number of hydrogen-bond acceptors (Lipinski definition) is 5. The highest BCUT2D eigenvalue weighted by atomic mass is 32.2. The summed E-state index contributed by atoms with van der Waals surface area (Å²) in [5, 5.41) is 1.13. The molecule has 0 bridgehead atoms. The van der Waals surface area contributed by atoms with Gasteiger partial charge >= 0.3 is 0 Å². The van der Waals surface area contributed by atoms with Crippen molar-refractivity contribution in [1.82, 2.24) is 4.98 Å². The molecule has 1 saturated carbocycles. The van der Waals surface area contributed by atoms with Crippen molar-refractivity contribution in [3.63, 3.8) is 0 Å². The van der Waals surface area contributed by atoms with Crippen LogP contribution in [0.5, 0.6) is 0 Å². The van der Waals surface area contributed by atoms with Crippen LogP contribution in [0.2, 0.25) is 0 Å². The van der Waals surface area contributed by atoms with Crippen molar-refractivity contribution in [1.29, 1.82) is 0 Å². The average Bonchev–Trinajstić information content (AvgIpc) is 3.21. The summed E-state index contributed by atoms with van der Waals surface area (Å²) in [6, 6.07) is 6.24. The van der Waals surface area contributed by atoms with Gasteiger partial charge in [-0.05, 0) is 37.1 Å². The van der Waals surface area contributed by atoms with E-state index >= 15 is 0 Å².